The average Bonchev–Trinajstić information content (AvgIpc) is 2.87. The molecule has 0 aliphatic heterocycles. The van der Waals surface area contributed by atoms with Crippen LogP contribution in [0, 0.1) is 6.92 Å². The maximum absolute atomic E-state index is 12.5. The van der Waals surface area contributed by atoms with Crippen LogP contribution >= 0.6 is 11.8 Å². The molecule has 0 bridgehead atoms. The van der Waals surface area contributed by atoms with Gasteiger partial charge in [-0.3, -0.25) is 10.2 Å². The van der Waals surface area contributed by atoms with E-state index in [1.54, 1.807) is 11.6 Å². The van der Waals surface area contributed by atoms with Crippen molar-refractivity contribution in [2.24, 2.45) is 0 Å². The van der Waals surface area contributed by atoms with Crippen LogP contribution in [-0.4, -0.2) is 27.0 Å². The highest BCUT2D eigenvalue weighted by Gasteiger charge is 2.14. The highest BCUT2D eigenvalue weighted by atomic mass is 32.2. The van der Waals surface area contributed by atoms with Crippen LogP contribution in [-0.2, 0) is 0 Å². The number of nitrogens with zero attached hydrogens (tertiary/aromatic N) is 3. The molecule has 0 aliphatic carbocycles. The number of rotatable bonds is 3. The fourth-order valence-electron chi connectivity index (χ4n) is 2.19. The number of benzene rings is 2. The Hall–Kier alpha value is -2.34. The van der Waals surface area contributed by atoms with Gasteiger partial charge in [0.2, 0.25) is 5.16 Å². The maximum atomic E-state index is 12.5. The predicted octanol–water partition coefficient (Wildman–Crippen LogP) is 2.85. The van der Waals surface area contributed by atoms with Gasteiger partial charge in [-0.15, -0.1) is 10.2 Å². The van der Waals surface area contributed by atoms with E-state index < -0.39 is 0 Å². The minimum absolute atomic E-state index is 0.176. The third-order valence-corrected chi connectivity index (χ3v) is 3.85. The molecule has 2 aromatic carbocycles. The van der Waals surface area contributed by atoms with E-state index in [-0.39, 0.29) is 5.91 Å². The summed E-state index contributed by atoms with van der Waals surface area (Å²) in [5.41, 5.74) is 3.48. The summed E-state index contributed by atoms with van der Waals surface area (Å²) < 4.78 is 1.61. The van der Waals surface area contributed by atoms with Gasteiger partial charge in [0.15, 0.2) is 0 Å². The lowest BCUT2D eigenvalue weighted by Crippen LogP contribution is -2.24. The molecule has 0 radical (unpaired) electrons. The molecule has 1 heterocycles. The second-order valence-electron chi connectivity index (χ2n) is 4.54. The Morgan fingerprint density at radius 3 is 2.71 bits per heavy atom. The maximum Gasteiger partial charge on any atom is 0.270 e. The number of nitrogens with one attached hydrogen (secondary N) is 1. The number of amides is 1. The molecule has 1 N–H and O–H groups in total. The zero-order valence-electron chi connectivity index (χ0n) is 11.7. The molecule has 106 valence electrons. The van der Waals surface area contributed by atoms with Crippen molar-refractivity contribution in [2.75, 3.05) is 11.7 Å². The van der Waals surface area contributed by atoms with Crippen molar-refractivity contribution in [3.63, 3.8) is 0 Å². The van der Waals surface area contributed by atoms with E-state index in [4.69, 9.17) is 0 Å². The van der Waals surface area contributed by atoms with Crippen LogP contribution in [0.1, 0.15) is 16.2 Å². The van der Waals surface area contributed by atoms with Crippen molar-refractivity contribution < 1.29 is 4.79 Å². The minimum atomic E-state index is -0.176. The van der Waals surface area contributed by atoms with Crippen LogP contribution in [0.15, 0.2) is 47.6 Å². The summed E-state index contributed by atoms with van der Waals surface area (Å²) >= 11 is 1.43. The van der Waals surface area contributed by atoms with Crippen molar-refractivity contribution in [3.8, 4) is 0 Å². The molecule has 1 aromatic heterocycles. The van der Waals surface area contributed by atoms with Gasteiger partial charge < -0.3 is 0 Å². The zero-order chi connectivity index (χ0) is 14.8. The first-order valence-electron chi connectivity index (χ1n) is 6.46. The summed E-state index contributed by atoms with van der Waals surface area (Å²) in [4.78, 5) is 12.5. The summed E-state index contributed by atoms with van der Waals surface area (Å²) in [6.07, 6.45) is 1.89. The third kappa shape index (κ3) is 2.50. The normalized spacial score (nSPS) is 10.8. The molecular formula is C15H14N4OS. The van der Waals surface area contributed by atoms with Crippen LogP contribution in [0.25, 0.3) is 10.8 Å². The number of carbonyl (C=O) groups is 1. The number of carbonyl (C=O) groups excluding carboxylic acids is 1. The Morgan fingerprint density at radius 2 is 1.90 bits per heavy atom. The SMILES string of the molecule is CSc1nnc(C)n1NC(=O)c1cccc2ccccc12. The van der Waals surface area contributed by atoms with E-state index in [9.17, 15) is 4.79 Å². The summed E-state index contributed by atoms with van der Waals surface area (Å²) in [6.45, 7) is 1.80. The van der Waals surface area contributed by atoms with Gasteiger partial charge in [-0.2, -0.15) is 0 Å². The van der Waals surface area contributed by atoms with E-state index in [2.05, 4.69) is 15.6 Å². The third-order valence-electron chi connectivity index (χ3n) is 3.23. The van der Waals surface area contributed by atoms with Gasteiger partial charge in [0.25, 0.3) is 5.91 Å². The molecule has 3 rings (SSSR count). The Labute approximate surface area is 126 Å². The zero-order valence-corrected chi connectivity index (χ0v) is 12.5. The number of aromatic nitrogens is 3. The number of hydrogen-bond donors (Lipinski definition) is 1. The van der Waals surface area contributed by atoms with E-state index >= 15 is 0 Å². The molecule has 0 aliphatic rings. The van der Waals surface area contributed by atoms with Gasteiger partial charge in [0.05, 0.1) is 0 Å². The lowest BCUT2D eigenvalue weighted by Gasteiger charge is -2.10. The van der Waals surface area contributed by atoms with Crippen LogP contribution in [0.4, 0.5) is 0 Å². The molecule has 5 nitrogen and oxygen atoms in total. The largest absolute Gasteiger partial charge is 0.270 e. The van der Waals surface area contributed by atoms with Gasteiger partial charge in [-0.25, -0.2) is 4.68 Å². The van der Waals surface area contributed by atoms with Crippen LogP contribution in [0.5, 0.6) is 0 Å². The fraction of sp³-hybridized carbons (Fsp3) is 0.133. The monoisotopic (exact) mass is 298 g/mol. The average molecular weight is 298 g/mol. The number of fused-ring (bicyclic) bond motifs is 1. The first-order valence-corrected chi connectivity index (χ1v) is 7.68. The molecule has 21 heavy (non-hydrogen) atoms. The van der Waals surface area contributed by atoms with Crippen LogP contribution in [0.3, 0.4) is 0 Å². The Kier molecular flexibility index (Phi) is 3.62. The van der Waals surface area contributed by atoms with Gasteiger partial charge in [0, 0.05) is 5.56 Å². The minimum Gasteiger partial charge on any atom is -0.267 e. The summed E-state index contributed by atoms with van der Waals surface area (Å²) in [6, 6.07) is 13.5. The Bertz CT molecular complexity index is 807. The second-order valence-corrected chi connectivity index (χ2v) is 5.31. The van der Waals surface area contributed by atoms with E-state index in [0.29, 0.717) is 16.5 Å². The first-order chi connectivity index (χ1) is 10.2. The quantitative estimate of drug-likeness (QED) is 0.755. The van der Waals surface area contributed by atoms with E-state index in [1.165, 1.54) is 11.8 Å². The molecule has 0 unspecified atom stereocenters. The summed E-state index contributed by atoms with van der Waals surface area (Å²) in [5, 5.41) is 10.6. The molecule has 0 fully saturated rings. The molecule has 6 heteroatoms. The molecular weight excluding hydrogens is 284 g/mol. The van der Waals surface area contributed by atoms with Gasteiger partial charge in [-0.05, 0) is 30.0 Å². The highest BCUT2D eigenvalue weighted by Crippen LogP contribution is 2.19. The molecule has 0 saturated carbocycles. The Morgan fingerprint density at radius 1 is 1.14 bits per heavy atom. The number of thioether (sulfide) groups is 1. The van der Waals surface area contributed by atoms with Crippen molar-refractivity contribution in [3.05, 3.63) is 53.9 Å². The molecule has 1 amide bonds. The molecule has 3 aromatic rings. The van der Waals surface area contributed by atoms with E-state index in [1.807, 2.05) is 48.7 Å². The molecule has 0 saturated heterocycles. The van der Waals surface area contributed by atoms with Crippen molar-refractivity contribution in [2.45, 2.75) is 12.1 Å². The lowest BCUT2D eigenvalue weighted by molar-refractivity contribution is 0.101. The Balaban J connectivity index is 2.00. The van der Waals surface area contributed by atoms with Crippen LogP contribution in [0.2, 0.25) is 0 Å². The van der Waals surface area contributed by atoms with Gasteiger partial charge >= 0.3 is 0 Å². The second kappa shape index (κ2) is 5.57. The van der Waals surface area contributed by atoms with Gasteiger partial charge in [0.1, 0.15) is 5.82 Å². The van der Waals surface area contributed by atoms with Crippen LogP contribution < -0.4 is 5.43 Å². The first kappa shape index (κ1) is 13.6. The summed E-state index contributed by atoms with van der Waals surface area (Å²) in [5.74, 6) is 0.470. The van der Waals surface area contributed by atoms with Gasteiger partial charge in [-0.1, -0.05) is 48.2 Å². The number of hydrogen-bond acceptors (Lipinski definition) is 4. The van der Waals surface area contributed by atoms with Crippen molar-refractivity contribution in [1.82, 2.24) is 14.9 Å². The standard InChI is InChI=1S/C15H14N4OS/c1-10-16-17-15(21-2)19(10)18-14(20)13-9-5-7-11-6-3-4-8-12(11)13/h3-9H,1-2H3,(H,18,20). The lowest BCUT2D eigenvalue weighted by atomic mass is 10.0. The molecule has 0 spiro atoms. The van der Waals surface area contributed by atoms with Crippen molar-refractivity contribution >= 4 is 28.4 Å². The topological polar surface area (TPSA) is 59.8 Å². The van der Waals surface area contributed by atoms with E-state index in [0.717, 1.165) is 10.8 Å². The highest BCUT2D eigenvalue weighted by molar-refractivity contribution is 7.98. The smallest absolute Gasteiger partial charge is 0.267 e. The molecule has 0 atom stereocenters. The van der Waals surface area contributed by atoms with Crippen molar-refractivity contribution in [1.29, 1.82) is 0 Å². The predicted molar refractivity (Wildman–Crippen MR) is 84.2 cm³/mol. The fourth-order valence-corrected chi connectivity index (χ4v) is 2.67. The summed E-state index contributed by atoms with van der Waals surface area (Å²) in [7, 11) is 0. The number of aryl methyl sites for hydroxylation is 1.